The first-order valence-electron chi connectivity index (χ1n) is 9.16. The third kappa shape index (κ3) is 3.14. The number of methoxy groups -OCH3 is 1. The van der Waals surface area contributed by atoms with Crippen molar-refractivity contribution in [3.63, 3.8) is 0 Å². The summed E-state index contributed by atoms with van der Waals surface area (Å²) >= 11 is 0. The number of nitrogens with zero attached hydrogens (tertiary/aromatic N) is 2. The summed E-state index contributed by atoms with van der Waals surface area (Å²) in [6.45, 7) is 2.85. The maximum Gasteiger partial charge on any atom is 0.257 e. The van der Waals surface area contributed by atoms with E-state index in [1.165, 1.54) is 12.1 Å². The minimum Gasteiger partial charge on any atom is -0.497 e. The highest BCUT2D eigenvalue weighted by molar-refractivity contribution is 5.97. The monoisotopic (exact) mass is 365 g/mol. The van der Waals surface area contributed by atoms with Gasteiger partial charge in [0.15, 0.2) is 11.7 Å². The second kappa shape index (κ2) is 6.99. The molecule has 1 aromatic heterocycles. The van der Waals surface area contributed by atoms with Crippen molar-refractivity contribution in [1.82, 2.24) is 4.57 Å². The van der Waals surface area contributed by atoms with Crippen LogP contribution in [-0.2, 0) is 13.0 Å². The van der Waals surface area contributed by atoms with Gasteiger partial charge >= 0.3 is 0 Å². The van der Waals surface area contributed by atoms with Gasteiger partial charge in [0.1, 0.15) is 17.8 Å². The molecule has 0 saturated heterocycles. The van der Waals surface area contributed by atoms with E-state index in [9.17, 15) is 9.18 Å². The zero-order valence-corrected chi connectivity index (χ0v) is 15.5. The molecular formula is C22H22FN2O2+. The lowest BCUT2D eigenvalue weighted by Gasteiger charge is -2.09. The number of imidazole rings is 1. The number of rotatable bonds is 5. The fraction of sp³-hybridized carbons (Fsp3) is 0.273. The Morgan fingerprint density at radius 3 is 2.52 bits per heavy atom. The summed E-state index contributed by atoms with van der Waals surface area (Å²) in [6, 6.07) is 13.4. The van der Waals surface area contributed by atoms with Crippen LogP contribution in [0.1, 0.15) is 35.6 Å². The molecule has 1 atom stereocenters. The number of hydrogen-bond donors (Lipinski definition) is 0. The summed E-state index contributed by atoms with van der Waals surface area (Å²) in [5.74, 6) is 1.69. The van der Waals surface area contributed by atoms with Gasteiger partial charge in [-0.1, -0.05) is 0 Å². The van der Waals surface area contributed by atoms with Gasteiger partial charge in [0.05, 0.1) is 20.1 Å². The summed E-state index contributed by atoms with van der Waals surface area (Å²) in [7, 11) is 1.61. The van der Waals surface area contributed by atoms with Crippen LogP contribution in [0.4, 0.5) is 4.39 Å². The fourth-order valence-electron chi connectivity index (χ4n) is 3.77. The number of halogens is 1. The van der Waals surface area contributed by atoms with E-state index < -0.39 is 0 Å². The van der Waals surface area contributed by atoms with E-state index in [0.717, 1.165) is 42.2 Å². The predicted molar refractivity (Wildman–Crippen MR) is 100 cm³/mol. The largest absolute Gasteiger partial charge is 0.497 e. The van der Waals surface area contributed by atoms with Crippen LogP contribution in [0.15, 0.2) is 54.7 Å². The lowest BCUT2D eigenvalue weighted by Crippen LogP contribution is -2.44. The Kier molecular flexibility index (Phi) is 4.52. The van der Waals surface area contributed by atoms with Crippen molar-refractivity contribution < 1.29 is 18.5 Å². The summed E-state index contributed by atoms with van der Waals surface area (Å²) in [4.78, 5) is 13.0. The number of carbonyl (C=O) groups excluding carboxylic acids is 1. The number of ether oxygens (including phenoxy) is 1. The molecule has 2 aromatic carbocycles. The number of ketones is 1. The number of carbonyl (C=O) groups is 1. The van der Waals surface area contributed by atoms with E-state index in [4.69, 9.17) is 4.74 Å². The van der Waals surface area contributed by atoms with Crippen LogP contribution < -0.4 is 9.30 Å². The summed E-state index contributed by atoms with van der Waals surface area (Å²) in [6.07, 6.45) is 4.00. The Morgan fingerprint density at radius 2 is 1.85 bits per heavy atom. The molecule has 2 heterocycles. The maximum absolute atomic E-state index is 13.3. The third-order valence-corrected chi connectivity index (χ3v) is 5.26. The van der Waals surface area contributed by atoms with E-state index in [1.54, 1.807) is 43.5 Å². The summed E-state index contributed by atoms with van der Waals surface area (Å²) in [5.41, 5.74) is 2.65. The molecule has 1 aliphatic rings. The molecule has 1 unspecified atom stereocenters. The van der Waals surface area contributed by atoms with Crippen LogP contribution in [-0.4, -0.2) is 17.5 Å². The number of aromatic nitrogens is 2. The Balaban J connectivity index is 1.69. The van der Waals surface area contributed by atoms with E-state index in [1.807, 2.05) is 13.1 Å². The Bertz CT molecular complexity index is 975. The van der Waals surface area contributed by atoms with E-state index >= 15 is 0 Å². The van der Waals surface area contributed by atoms with Crippen LogP contribution in [0, 0.1) is 5.82 Å². The van der Waals surface area contributed by atoms with Gasteiger partial charge in [0, 0.05) is 11.1 Å². The van der Waals surface area contributed by atoms with Gasteiger partial charge in [-0.15, -0.1) is 0 Å². The number of Topliss-reactive ketones (excluding diaryl/α,β-unsaturated/α-hetero) is 1. The van der Waals surface area contributed by atoms with Gasteiger partial charge in [0.2, 0.25) is 5.78 Å². The quantitative estimate of drug-likeness (QED) is 0.506. The topological polar surface area (TPSA) is 35.1 Å². The molecule has 0 fully saturated rings. The van der Waals surface area contributed by atoms with Crippen molar-refractivity contribution in [2.24, 2.45) is 0 Å². The summed E-state index contributed by atoms with van der Waals surface area (Å²) in [5, 5.41) is 0. The van der Waals surface area contributed by atoms with Crippen molar-refractivity contribution in [2.45, 2.75) is 32.4 Å². The van der Waals surface area contributed by atoms with E-state index in [-0.39, 0.29) is 17.6 Å². The normalized spacial score (nSPS) is 14.0. The smallest absolute Gasteiger partial charge is 0.257 e. The van der Waals surface area contributed by atoms with Crippen molar-refractivity contribution in [1.29, 1.82) is 0 Å². The highest BCUT2D eigenvalue weighted by atomic mass is 19.1. The minimum atomic E-state index is -0.313. The molecule has 0 amide bonds. The molecule has 0 bridgehead atoms. The molecule has 3 aromatic rings. The Morgan fingerprint density at radius 1 is 1.15 bits per heavy atom. The second-order valence-electron chi connectivity index (χ2n) is 6.87. The second-order valence-corrected chi connectivity index (χ2v) is 6.87. The molecule has 4 nitrogen and oxygen atoms in total. The Hall–Kier alpha value is -2.95. The predicted octanol–water partition coefficient (Wildman–Crippen LogP) is 3.98. The van der Waals surface area contributed by atoms with Crippen molar-refractivity contribution in [3.8, 4) is 17.0 Å². The van der Waals surface area contributed by atoms with E-state index in [0.29, 0.717) is 5.56 Å². The van der Waals surface area contributed by atoms with Crippen molar-refractivity contribution >= 4 is 5.78 Å². The number of hydrogen-bond acceptors (Lipinski definition) is 2. The van der Waals surface area contributed by atoms with E-state index in [2.05, 4.69) is 9.13 Å². The molecule has 138 valence electrons. The molecule has 4 rings (SSSR count). The van der Waals surface area contributed by atoms with Gasteiger partial charge in [-0.2, -0.15) is 0 Å². The van der Waals surface area contributed by atoms with Gasteiger partial charge in [-0.05, 0) is 61.9 Å². The molecule has 1 aliphatic heterocycles. The maximum atomic E-state index is 13.3. The first kappa shape index (κ1) is 17.5. The lowest BCUT2D eigenvalue weighted by molar-refractivity contribution is -0.710. The lowest BCUT2D eigenvalue weighted by atomic mass is 10.0. The van der Waals surface area contributed by atoms with Crippen LogP contribution >= 0.6 is 0 Å². The molecule has 0 aliphatic carbocycles. The third-order valence-electron chi connectivity index (χ3n) is 5.26. The van der Waals surface area contributed by atoms with Crippen LogP contribution in [0.3, 0.4) is 0 Å². The van der Waals surface area contributed by atoms with Gasteiger partial charge in [-0.3, -0.25) is 4.79 Å². The van der Waals surface area contributed by atoms with Crippen molar-refractivity contribution in [3.05, 3.63) is 71.9 Å². The standard InChI is InChI=1S/C22H22FN2O2/c1-15(22(26)17-7-11-19(27-2)12-8-17)25-14-20(24-13-3-4-21(24)25)16-5-9-18(23)10-6-16/h5-12,14-15H,3-4,13H2,1-2H3/q+1. The van der Waals surface area contributed by atoms with Crippen molar-refractivity contribution in [2.75, 3.05) is 7.11 Å². The molecule has 0 saturated carbocycles. The SMILES string of the molecule is COc1ccc(C(=O)C(C)[n+]2cc(-c3ccc(F)cc3)n3c2CCC3)cc1. The molecule has 0 radical (unpaired) electrons. The van der Waals surface area contributed by atoms with Crippen LogP contribution in [0.25, 0.3) is 11.3 Å². The first-order valence-corrected chi connectivity index (χ1v) is 9.16. The van der Waals surface area contributed by atoms with Gasteiger partial charge < -0.3 is 4.74 Å². The Labute approximate surface area is 157 Å². The van der Waals surface area contributed by atoms with Crippen LogP contribution in [0.5, 0.6) is 5.75 Å². The minimum absolute atomic E-state index is 0.0635. The zero-order valence-electron chi connectivity index (χ0n) is 15.5. The number of fused-ring (bicyclic) bond motifs is 1. The first-order chi connectivity index (χ1) is 13.1. The summed E-state index contributed by atoms with van der Waals surface area (Å²) < 4.78 is 22.8. The fourth-order valence-corrected chi connectivity index (χ4v) is 3.77. The highest BCUT2D eigenvalue weighted by Crippen LogP contribution is 2.26. The molecule has 0 N–H and O–H groups in total. The molecule has 0 spiro atoms. The molecule has 27 heavy (non-hydrogen) atoms. The number of benzene rings is 2. The molecule has 5 heteroatoms. The average molecular weight is 365 g/mol. The average Bonchev–Trinajstić information content (AvgIpc) is 3.30. The highest BCUT2D eigenvalue weighted by Gasteiger charge is 2.33. The van der Waals surface area contributed by atoms with Gasteiger partial charge in [0.25, 0.3) is 5.82 Å². The van der Waals surface area contributed by atoms with Crippen LogP contribution in [0.2, 0.25) is 0 Å². The van der Waals surface area contributed by atoms with Gasteiger partial charge in [-0.25, -0.2) is 13.5 Å². The zero-order chi connectivity index (χ0) is 19.0. The molecular weight excluding hydrogens is 343 g/mol.